The van der Waals surface area contributed by atoms with Crippen LogP contribution >= 0.6 is 0 Å². The van der Waals surface area contributed by atoms with Gasteiger partial charge >= 0.3 is 0 Å². The van der Waals surface area contributed by atoms with Crippen LogP contribution in [0.1, 0.15) is 26.7 Å². The maximum Gasteiger partial charge on any atom is 0.241 e. The molecule has 0 unspecified atom stereocenters. The van der Waals surface area contributed by atoms with Gasteiger partial charge in [0, 0.05) is 18.3 Å². The molecule has 0 aromatic rings. The lowest BCUT2D eigenvalue weighted by molar-refractivity contribution is -0.145. The normalized spacial score (nSPS) is 36.6. The fraction of sp³-hybridized carbons (Fsp3) is 0.643. The third-order valence-corrected chi connectivity index (χ3v) is 5.10. The molecule has 1 fully saturated rings. The molecular formula is C14H22O2Si. The minimum Gasteiger partial charge on any atom is -0.547 e. The number of rotatable bonds is 3. The Balaban J connectivity index is 2.41. The second-order valence-corrected chi connectivity index (χ2v) is 11.0. The van der Waals surface area contributed by atoms with Crippen LogP contribution in [0.5, 0.6) is 0 Å². The van der Waals surface area contributed by atoms with Crippen LogP contribution in [0.2, 0.25) is 19.6 Å². The van der Waals surface area contributed by atoms with Gasteiger partial charge in [-0.2, -0.15) is 0 Å². The summed E-state index contributed by atoms with van der Waals surface area (Å²) in [5.74, 6) is 1.36. The van der Waals surface area contributed by atoms with Crippen LogP contribution in [0, 0.1) is 10.8 Å². The molecule has 3 heteroatoms. The van der Waals surface area contributed by atoms with E-state index in [1.54, 1.807) is 0 Å². The standard InChI is InChI=1S/C14H22O2Si/c1-7-14-10(2)11(16-17(4,5)6)8-13(14,3)9-12(14)15/h7H,1,8-9H2,2-6H3/t13-,14+/m0/s1. The summed E-state index contributed by atoms with van der Waals surface area (Å²) in [6.45, 7) is 14.7. The third kappa shape index (κ3) is 1.48. The Kier molecular flexibility index (Phi) is 2.48. The van der Waals surface area contributed by atoms with Crippen LogP contribution in [0.4, 0.5) is 0 Å². The molecule has 2 nitrogen and oxygen atoms in total. The zero-order valence-electron chi connectivity index (χ0n) is 11.5. The van der Waals surface area contributed by atoms with Gasteiger partial charge in [-0.25, -0.2) is 0 Å². The molecule has 2 rings (SSSR count). The lowest BCUT2D eigenvalue weighted by Gasteiger charge is -2.51. The highest BCUT2D eigenvalue weighted by molar-refractivity contribution is 6.70. The summed E-state index contributed by atoms with van der Waals surface area (Å²) in [6.07, 6.45) is 3.39. The zero-order chi connectivity index (χ0) is 13.1. The van der Waals surface area contributed by atoms with Crippen LogP contribution < -0.4 is 0 Å². The molecule has 1 saturated carbocycles. The first kappa shape index (κ1) is 12.6. The topological polar surface area (TPSA) is 26.3 Å². The number of hydrogen-bond donors (Lipinski definition) is 0. The van der Waals surface area contributed by atoms with E-state index < -0.39 is 13.7 Å². The summed E-state index contributed by atoms with van der Waals surface area (Å²) < 4.78 is 6.15. The molecular weight excluding hydrogens is 228 g/mol. The molecule has 0 saturated heterocycles. The van der Waals surface area contributed by atoms with Crippen molar-refractivity contribution in [1.82, 2.24) is 0 Å². The molecule has 0 radical (unpaired) electrons. The van der Waals surface area contributed by atoms with E-state index in [4.69, 9.17) is 4.43 Å². The van der Waals surface area contributed by atoms with E-state index >= 15 is 0 Å². The molecule has 0 bridgehead atoms. The van der Waals surface area contributed by atoms with Crippen molar-refractivity contribution in [2.45, 2.75) is 46.3 Å². The van der Waals surface area contributed by atoms with E-state index in [0.717, 1.165) is 17.8 Å². The van der Waals surface area contributed by atoms with Gasteiger partial charge in [0.05, 0.1) is 11.2 Å². The number of allylic oxidation sites excluding steroid dienone is 3. The lowest BCUT2D eigenvalue weighted by Crippen LogP contribution is -2.54. The maximum atomic E-state index is 12.0. The van der Waals surface area contributed by atoms with Crippen molar-refractivity contribution in [3.63, 3.8) is 0 Å². The van der Waals surface area contributed by atoms with Crippen LogP contribution in [-0.2, 0) is 9.22 Å². The van der Waals surface area contributed by atoms with Crippen molar-refractivity contribution in [3.05, 3.63) is 24.0 Å². The van der Waals surface area contributed by atoms with Crippen molar-refractivity contribution in [2.75, 3.05) is 0 Å². The van der Waals surface area contributed by atoms with Gasteiger partial charge in [0.1, 0.15) is 5.78 Å². The highest BCUT2D eigenvalue weighted by atomic mass is 28.4. The summed E-state index contributed by atoms with van der Waals surface area (Å²) in [4.78, 5) is 12.0. The van der Waals surface area contributed by atoms with E-state index in [0.29, 0.717) is 12.2 Å². The first-order valence-corrected chi connectivity index (χ1v) is 9.63. The number of carbonyl (C=O) groups is 1. The Morgan fingerprint density at radius 1 is 1.35 bits per heavy atom. The minimum absolute atomic E-state index is 0.0188. The highest BCUT2D eigenvalue weighted by Crippen LogP contribution is 2.66. The van der Waals surface area contributed by atoms with Gasteiger partial charge in [-0.1, -0.05) is 13.0 Å². The molecule has 2 atom stereocenters. The predicted octanol–water partition coefficient (Wildman–Crippen LogP) is 3.67. The number of hydrogen-bond acceptors (Lipinski definition) is 2. The van der Waals surface area contributed by atoms with Crippen LogP contribution in [0.3, 0.4) is 0 Å². The second-order valence-electron chi connectivity index (χ2n) is 6.61. The number of ketones is 1. The Hall–Kier alpha value is -0.833. The maximum absolute atomic E-state index is 12.0. The van der Waals surface area contributed by atoms with E-state index in [-0.39, 0.29) is 5.41 Å². The molecule has 94 valence electrons. The van der Waals surface area contributed by atoms with E-state index in [1.807, 2.05) is 13.0 Å². The molecule has 0 aliphatic heterocycles. The monoisotopic (exact) mass is 250 g/mol. The molecule has 0 aromatic carbocycles. The lowest BCUT2D eigenvalue weighted by atomic mass is 9.49. The fourth-order valence-electron chi connectivity index (χ4n) is 3.43. The van der Waals surface area contributed by atoms with Crippen molar-refractivity contribution in [2.24, 2.45) is 10.8 Å². The first-order valence-electron chi connectivity index (χ1n) is 6.22. The molecule has 0 aromatic heterocycles. The summed E-state index contributed by atoms with van der Waals surface area (Å²) in [5.41, 5.74) is 0.695. The van der Waals surface area contributed by atoms with Gasteiger partial charge < -0.3 is 4.43 Å². The molecule has 17 heavy (non-hydrogen) atoms. The van der Waals surface area contributed by atoms with Crippen molar-refractivity contribution in [3.8, 4) is 0 Å². The summed E-state index contributed by atoms with van der Waals surface area (Å²) >= 11 is 0. The Bertz CT molecular complexity index is 430. The molecule has 2 aliphatic rings. The number of Topliss-reactive ketones (excluding diaryl/α,β-unsaturated/α-hetero) is 1. The van der Waals surface area contributed by atoms with Gasteiger partial charge in [-0.05, 0) is 32.1 Å². The van der Waals surface area contributed by atoms with Gasteiger partial charge in [-0.3, -0.25) is 4.79 Å². The van der Waals surface area contributed by atoms with Crippen molar-refractivity contribution < 1.29 is 9.22 Å². The summed E-state index contributed by atoms with van der Waals surface area (Å²) in [5, 5.41) is 0. The average Bonchev–Trinajstić information content (AvgIpc) is 2.29. The van der Waals surface area contributed by atoms with Gasteiger partial charge in [0.25, 0.3) is 0 Å². The first-order chi connectivity index (χ1) is 7.66. The van der Waals surface area contributed by atoms with Gasteiger partial charge in [-0.15, -0.1) is 6.58 Å². The van der Waals surface area contributed by atoms with Gasteiger partial charge in [0.2, 0.25) is 8.32 Å². The average molecular weight is 250 g/mol. The van der Waals surface area contributed by atoms with E-state index in [9.17, 15) is 4.79 Å². The van der Waals surface area contributed by atoms with Crippen molar-refractivity contribution >= 4 is 14.1 Å². The Morgan fingerprint density at radius 3 is 2.29 bits per heavy atom. The van der Waals surface area contributed by atoms with E-state index in [1.165, 1.54) is 0 Å². The Labute approximate surface area is 105 Å². The minimum atomic E-state index is -1.60. The largest absolute Gasteiger partial charge is 0.547 e. The number of carbonyl (C=O) groups excluding carboxylic acids is 1. The van der Waals surface area contributed by atoms with Crippen molar-refractivity contribution in [1.29, 1.82) is 0 Å². The van der Waals surface area contributed by atoms with Crippen LogP contribution in [0.25, 0.3) is 0 Å². The zero-order valence-corrected chi connectivity index (χ0v) is 12.5. The van der Waals surface area contributed by atoms with Gasteiger partial charge in [0.15, 0.2) is 0 Å². The highest BCUT2D eigenvalue weighted by Gasteiger charge is 2.66. The fourth-order valence-corrected chi connectivity index (χ4v) is 4.39. The molecule has 0 spiro atoms. The summed E-state index contributed by atoms with van der Waals surface area (Å²) in [6, 6.07) is 0. The quantitative estimate of drug-likeness (QED) is 0.564. The predicted molar refractivity (Wildman–Crippen MR) is 72.1 cm³/mol. The van der Waals surface area contributed by atoms with Crippen LogP contribution in [0.15, 0.2) is 24.0 Å². The second kappa shape index (κ2) is 3.34. The molecule has 0 N–H and O–H groups in total. The molecule has 0 amide bonds. The smallest absolute Gasteiger partial charge is 0.241 e. The number of fused-ring (bicyclic) bond motifs is 1. The Morgan fingerprint density at radius 2 is 1.94 bits per heavy atom. The summed E-state index contributed by atoms with van der Waals surface area (Å²) in [7, 11) is -1.60. The van der Waals surface area contributed by atoms with Crippen LogP contribution in [-0.4, -0.2) is 14.1 Å². The SMILES string of the molecule is C=C[C@@]12C(=O)C[C@]1(C)CC(O[Si](C)(C)C)=C2C. The molecule has 2 aliphatic carbocycles. The van der Waals surface area contributed by atoms with E-state index in [2.05, 4.69) is 33.1 Å². The molecule has 0 heterocycles. The third-order valence-electron chi connectivity index (χ3n) is 4.24.